The Bertz CT molecular complexity index is 1840. The number of hydrogen-bond acceptors (Lipinski definition) is 10. The van der Waals surface area contributed by atoms with Crippen LogP contribution in [-0.2, 0) is 4.79 Å². The lowest BCUT2D eigenvalue weighted by Gasteiger charge is -2.42. The van der Waals surface area contributed by atoms with Crippen LogP contribution in [0.25, 0.3) is 11.3 Å². The number of anilines is 3. The van der Waals surface area contributed by atoms with Gasteiger partial charge in [0.25, 0.3) is 5.91 Å². The van der Waals surface area contributed by atoms with Gasteiger partial charge in [0.2, 0.25) is 5.91 Å². The lowest BCUT2D eigenvalue weighted by molar-refractivity contribution is -0.125. The maximum absolute atomic E-state index is 12.8. The number of nitrogens with zero attached hydrogens (tertiary/aromatic N) is 7. The first-order chi connectivity index (χ1) is 24.3. The van der Waals surface area contributed by atoms with Gasteiger partial charge < -0.3 is 30.5 Å². The van der Waals surface area contributed by atoms with Gasteiger partial charge in [0, 0.05) is 81.3 Å². The number of piperidine rings is 1. The number of carbonyl (C=O) groups is 2. The molecule has 3 aromatic rings. The lowest BCUT2D eigenvalue weighted by atomic mass is 10.0. The average Bonchev–Trinajstić information content (AvgIpc) is 3.63. The Morgan fingerprint density at radius 2 is 1.76 bits per heavy atom. The summed E-state index contributed by atoms with van der Waals surface area (Å²) in [6, 6.07) is 16.0. The van der Waals surface area contributed by atoms with E-state index in [0.29, 0.717) is 42.6 Å². The van der Waals surface area contributed by atoms with Gasteiger partial charge in [-0.25, -0.2) is 9.97 Å². The molecular formula is C38H43N9O3. The van der Waals surface area contributed by atoms with Crippen molar-refractivity contribution in [3.8, 4) is 34.9 Å². The zero-order chi connectivity index (χ0) is 35.2. The zero-order valence-electron chi connectivity index (χ0n) is 28.7. The Hall–Kier alpha value is -5.43. The highest BCUT2D eigenvalue weighted by atomic mass is 16.5. The number of nitrogens with two attached hydrogens (primary N) is 1. The van der Waals surface area contributed by atoms with Crippen molar-refractivity contribution in [2.45, 2.75) is 25.3 Å². The van der Waals surface area contributed by atoms with Crippen molar-refractivity contribution in [2.75, 3.05) is 76.7 Å². The molecule has 3 saturated heterocycles. The third kappa shape index (κ3) is 7.57. The molecule has 2 amide bonds. The molecule has 0 bridgehead atoms. The van der Waals surface area contributed by atoms with Crippen LogP contribution >= 0.6 is 0 Å². The molecule has 1 atom stereocenters. The first kappa shape index (κ1) is 34.4. The second kappa shape index (κ2) is 15.4. The number of aromatic nitrogens is 2. The molecule has 12 nitrogen and oxygen atoms in total. The van der Waals surface area contributed by atoms with Crippen LogP contribution in [0.15, 0.2) is 55.1 Å². The Morgan fingerprint density at radius 1 is 1.02 bits per heavy atom. The van der Waals surface area contributed by atoms with Gasteiger partial charge in [0.05, 0.1) is 7.11 Å². The van der Waals surface area contributed by atoms with E-state index in [1.165, 1.54) is 13.2 Å². The van der Waals surface area contributed by atoms with Crippen LogP contribution in [0.1, 0.15) is 41.0 Å². The van der Waals surface area contributed by atoms with Crippen LogP contribution in [0.4, 0.5) is 17.2 Å². The van der Waals surface area contributed by atoms with Gasteiger partial charge in [0.1, 0.15) is 28.8 Å². The van der Waals surface area contributed by atoms with Gasteiger partial charge in [-0.2, -0.15) is 5.26 Å². The van der Waals surface area contributed by atoms with E-state index in [-0.39, 0.29) is 40.3 Å². The maximum Gasteiger partial charge on any atom is 0.271 e. The topological polar surface area (TPSA) is 144 Å². The highest BCUT2D eigenvalue weighted by molar-refractivity contribution is 5.97. The highest BCUT2D eigenvalue weighted by Gasteiger charge is 2.28. The summed E-state index contributed by atoms with van der Waals surface area (Å²) in [6.45, 7) is 11.2. The Kier molecular flexibility index (Phi) is 10.6. The molecule has 0 unspecified atom stereocenters. The predicted molar refractivity (Wildman–Crippen MR) is 193 cm³/mol. The number of likely N-dealkylation sites (tertiary alicyclic amines) is 1. The second-order valence-electron chi connectivity index (χ2n) is 12.9. The van der Waals surface area contributed by atoms with Crippen LogP contribution in [0.2, 0.25) is 0 Å². The largest absolute Gasteiger partial charge is 0.495 e. The molecule has 6 rings (SSSR count). The summed E-state index contributed by atoms with van der Waals surface area (Å²) in [5.41, 5.74) is 8.74. The fourth-order valence-corrected chi connectivity index (χ4v) is 6.93. The molecule has 4 heterocycles. The number of methoxy groups -OCH3 is 1. The van der Waals surface area contributed by atoms with Gasteiger partial charge in [-0.3, -0.25) is 14.5 Å². The number of rotatable bonds is 8. The Morgan fingerprint density at radius 3 is 2.42 bits per heavy atom. The summed E-state index contributed by atoms with van der Waals surface area (Å²) in [6.07, 6.45) is 4.28. The number of carbonyl (C=O) groups excluding carboxylic acids is 2. The molecular weight excluding hydrogens is 630 g/mol. The van der Waals surface area contributed by atoms with E-state index in [9.17, 15) is 14.9 Å². The summed E-state index contributed by atoms with van der Waals surface area (Å²) in [5, 5.41) is 13.3. The third-order valence-electron chi connectivity index (χ3n) is 9.83. The first-order valence-corrected chi connectivity index (χ1v) is 17.0. The molecule has 0 saturated carbocycles. The molecule has 0 radical (unpaired) electrons. The summed E-state index contributed by atoms with van der Waals surface area (Å²) in [4.78, 5) is 43.6. The standard InChI is InChI=1S/C38H43N9O3/c1-4-34(48)47-17-14-26(25-47)8-13-32-35(30-6-5-7-33(50-3)31(30)24-39)43-36(37(40)49)38(42-32)41-27-9-11-28(12-10-27)45-18-15-29(16-19-45)46-22-20-44(2)21-23-46/h4-7,9-12,26,29H,1,14-23,25H2,2-3H3,(H2,40,49)(H,41,42)/t26-/m1/s1. The normalized spacial score (nSPS) is 18.5. The highest BCUT2D eigenvalue weighted by Crippen LogP contribution is 2.33. The molecule has 1 aromatic heterocycles. The summed E-state index contributed by atoms with van der Waals surface area (Å²) in [5.74, 6) is 5.89. The molecule has 50 heavy (non-hydrogen) atoms. The minimum atomic E-state index is -0.781. The predicted octanol–water partition coefficient (Wildman–Crippen LogP) is 3.47. The van der Waals surface area contributed by atoms with Crippen molar-refractivity contribution in [3.05, 3.63) is 72.1 Å². The number of nitriles is 1. The van der Waals surface area contributed by atoms with E-state index in [1.807, 2.05) is 12.1 Å². The maximum atomic E-state index is 12.8. The molecule has 258 valence electrons. The summed E-state index contributed by atoms with van der Waals surface area (Å²) >= 11 is 0. The van der Waals surface area contributed by atoms with E-state index in [0.717, 1.165) is 57.8 Å². The number of piperazine rings is 1. The van der Waals surface area contributed by atoms with Crippen molar-refractivity contribution in [2.24, 2.45) is 11.7 Å². The fraction of sp³-hybridized carbons (Fsp3) is 0.395. The van der Waals surface area contributed by atoms with Crippen LogP contribution < -0.4 is 20.7 Å². The van der Waals surface area contributed by atoms with Crippen LogP contribution in [-0.4, -0.2) is 109 Å². The van der Waals surface area contributed by atoms with Crippen LogP contribution in [0, 0.1) is 29.1 Å². The van der Waals surface area contributed by atoms with E-state index < -0.39 is 5.91 Å². The van der Waals surface area contributed by atoms with Gasteiger partial charge in [0.15, 0.2) is 11.5 Å². The smallest absolute Gasteiger partial charge is 0.271 e. The fourth-order valence-electron chi connectivity index (χ4n) is 6.93. The van der Waals surface area contributed by atoms with Gasteiger partial charge >= 0.3 is 0 Å². The molecule has 3 N–H and O–H groups in total. The van der Waals surface area contributed by atoms with Gasteiger partial charge in [-0.15, -0.1) is 0 Å². The number of likely N-dealkylation sites (N-methyl/N-ethyl adjacent to an activating group) is 1. The van der Waals surface area contributed by atoms with Crippen molar-refractivity contribution in [1.29, 1.82) is 5.26 Å². The molecule has 3 aliphatic rings. The van der Waals surface area contributed by atoms with Crippen molar-refractivity contribution >= 4 is 29.0 Å². The summed E-state index contributed by atoms with van der Waals surface area (Å²) < 4.78 is 5.43. The first-order valence-electron chi connectivity index (χ1n) is 17.0. The van der Waals surface area contributed by atoms with E-state index >= 15 is 0 Å². The average molecular weight is 674 g/mol. The second-order valence-corrected chi connectivity index (χ2v) is 12.9. The molecule has 0 spiro atoms. The Balaban J connectivity index is 1.26. The Labute approximate surface area is 293 Å². The number of primary amides is 1. The molecule has 2 aromatic carbocycles. The van der Waals surface area contributed by atoms with Crippen LogP contribution in [0.3, 0.4) is 0 Å². The minimum absolute atomic E-state index is 0.0871. The van der Waals surface area contributed by atoms with E-state index in [2.05, 4.69) is 68.7 Å². The zero-order valence-corrected chi connectivity index (χ0v) is 28.7. The van der Waals surface area contributed by atoms with Crippen molar-refractivity contribution < 1.29 is 14.3 Å². The number of amides is 2. The van der Waals surface area contributed by atoms with Gasteiger partial charge in [-0.1, -0.05) is 24.6 Å². The van der Waals surface area contributed by atoms with Crippen molar-refractivity contribution in [3.63, 3.8) is 0 Å². The molecule has 3 aliphatic heterocycles. The summed E-state index contributed by atoms with van der Waals surface area (Å²) in [7, 11) is 3.67. The number of nitrogens with one attached hydrogen (secondary N) is 1. The van der Waals surface area contributed by atoms with Crippen LogP contribution in [0.5, 0.6) is 5.75 Å². The monoisotopic (exact) mass is 673 g/mol. The third-order valence-corrected chi connectivity index (χ3v) is 9.83. The molecule has 12 heteroatoms. The SMILES string of the molecule is C=CC(=O)N1CC[C@@H](C#Cc2nc(Nc3ccc(N4CCC(N5CCN(C)CC5)CC4)cc3)c(C(N)=O)nc2-c2cccc(OC)c2C#N)C1. The lowest BCUT2D eigenvalue weighted by Crippen LogP contribution is -2.52. The van der Waals surface area contributed by atoms with E-state index in [4.69, 9.17) is 15.5 Å². The quantitative estimate of drug-likeness (QED) is 0.270. The van der Waals surface area contributed by atoms with Gasteiger partial charge in [-0.05, 0) is 68.6 Å². The van der Waals surface area contributed by atoms with Crippen molar-refractivity contribution in [1.82, 2.24) is 24.7 Å². The molecule has 3 fully saturated rings. The number of ether oxygens (including phenoxy) is 1. The molecule has 0 aliphatic carbocycles. The number of benzene rings is 2. The number of hydrogen-bond donors (Lipinski definition) is 2. The van der Waals surface area contributed by atoms with E-state index in [1.54, 1.807) is 23.1 Å². The minimum Gasteiger partial charge on any atom is -0.495 e.